The average molecular weight is 246 g/mol. The van der Waals surface area contributed by atoms with Crippen LogP contribution in [0.25, 0.3) is 0 Å². The van der Waals surface area contributed by atoms with Gasteiger partial charge in [-0.3, -0.25) is 9.78 Å². The van der Waals surface area contributed by atoms with E-state index in [0.29, 0.717) is 17.4 Å². The highest BCUT2D eigenvalue weighted by Crippen LogP contribution is 2.48. The summed E-state index contributed by atoms with van der Waals surface area (Å²) in [5, 5.41) is 12.6. The summed E-state index contributed by atoms with van der Waals surface area (Å²) in [5.74, 6) is 1.35. The minimum atomic E-state index is -0.0478. The predicted octanol–water partition coefficient (Wildman–Crippen LogP) is 1.22. The zero-order chi connectivity index (χ0) is 12.5. The Morgan fingerprint density at radius 2 is 2.06 bits per heavy atom. The summed E-state index contributed by atoms with van der Waals surface area (Å²) in [5.41, 5.74) is 0.643. The number of rotatable bonds is 3. The number of aliphatic hydroxyl groups is 1. The maximum absolute atomic E-state index is 12.1. The van der Waals surface area contributed by atoms with Crippen LogP contribution in [-0.2, 0) is 0 Å². The Bertz CT molecular complexity index is 435. The van der Waals surface area contributed by atoms with Gasteiger partial charge in [0, 0.05) is 36.5 Å². The third-order valence-electron chi connectivity index (χ3n) is 4.54. The molecule has 1 heterocycles. The number of hydrogen-bond acceptors (Lipinski definition) is 3. The second-order valence-electron chi connectivity index (χ2n) is 5.41. The van der Waals surface area contributed by atoms with Gasteiger partial charge in [-0.2, -0.15) is 0 Å². The Labute approximate surface area is 106 Å². The third-order valence-corrected chi connectivity index (χ3v) is 4.54. The Kier molecular flexibility index (Phi) is 3.04. The summed E-state index contributed by atoms with van der Waals surface area (Å²) in [6.07, 6.45) is 6.80. The smallest absolute Gasteiger partial charge is 0.251 e. The molecule has 4 nitrogen and oxygen atoms in total. The summed E-state index contributed by atoms with van der Waals surface area (Å²) in [7, 11) is 0. The summed E-state index contributed by atoms with van der Waals surface area (Å²) in [4.78, 5) is 16.0. The lowest BCUT2D eigenvalue weighted by Gasteiger charge is -2.30. The summed E-state index contributed by atoms with van der Waals surface area (Å²) in [6, 6.07) is 3.59. The molecule has 4 heteroatoms. The zero-order valence-corrected chi connectivity index (χ0v) is 10.2. The maximum atomic E-state index is 12.1. The molecule has 2 saturated carbocycles. The lowest BCUT2D eigenvalue weighted by atomic mass is 9.85. The standard InChI is InChI=1S/C14H18N2O2/c17-8-12-10-1-2-11(7-10)13(12)16-14(18)9-3-5-15-6-4-9/h3-6,10-13,17H,1-2,7-8H2,(H,16,18). The fourth-order valence-corrected chi connectivity index (χ4v) is 3.64. The fourth-order valence-electron chi connectivity index (χ4n) is 3.64. The van der Waals surface area contributed by atoms with Gasteiger partial charge >= 0.3 is 0 Å². The molecule has 2 aliphatic carbocycles. The molecule has 0 aliphatic heterocycles. The first-order valence-electron chi connectivity index (χ1n) is 6.61. The highest BCUT2D eigenvalue weighted by Gasteiger charge is 2.47. The van der Waals surface area contributed by atoms with E-state index in [9.17, 15) is 9.90 Å². The topological polar surface area (TPSA) is 62.2 Å². The number of amides is 1. The van der Waals surface area contributed by atoms with Gasteiger partial charge in [-0.1, -0.05) is 0 Å². The van der Waals surface area contributed by atoms with Crippen LogP contribution in [0.4, 0.5) is 0 Å². The number of nitrogens with one attached hydrogen (secondary N) is 1. The minimum absolute atomic E-state index is 0.0478. The first kappa shape index (κ1) is 11.7. The largest absolute Gasteiger partial charge is 0.396 e. The van der Waals surface area contributed by atoms with Crippen molar-refractivity contribution in [2.45, 2.75) is 25.3 Å². The zero-order valence-electron chi connectivity index (χ0n) is 10.2. The van der Waals surface area contributed by atoms with Crippen LogP contribution < -0.4 is 5.32 Å². The molecule has 4 unspecified atom stereocenters. The van der Waals surface area contributed by atoms with Crippen molar-refractivity contribution in [3.8, 4) is 0 Å². The summed E-state index contributed by atoms with van der Waals surface area (Å²) >= 11 is 0. The summed E-state index contributed by atoms with van der Waals surface area (Å²) < 4.78 is 0. The van der Waals surface area contributed by atoms with Gasteiger partial charge in [-0.15, -0.1) is 0 Å². The van der Waals surface area contributed by atoms with Gasteiger partial charge in [0.2, 0.25) is 0 Å². The molecule has 2 N–H and O–H groups in total. The number of nitrogens with zero attached hydrogens (tertiary/aromatic N) is 1. The number of aromatic nitrogens is 1. The second kappa shape index (κ2) is 4.69. The number of carbonyl (C=O) groups excluding carboxylic acids is 1. The van der Waals surface area contributed by atoms with Crippen molar-refractivity contribution >= 4 is 5.91 Å². The van der Waals surface area contributed by atoms with E-state index in [2.05, 4.69) is 10.3 Å². The second-order valence-corrected chi connectivity index (χ2v) is 5.41. The van der Waals surface area contributed by atoms with Crippen LogP contribution in [0.15, 0.2) is 24.5 Å². The van der Waals surface area contributed by atoms with E-state index in [1.54, 1.807) is 24.5 Å². The van der Waals surface area contributed by atoms with E-state index in [-0.39, 0.29) is 24.5 Å². The van der Waals surface area contributed by atoms with Crippen LogP contribution in [0.3, 0.4) is 0 Å². The van der Waals surface area contributed by atoms with E-state index in [1.807, 2.05) is 0 Å². The van der Waals surface area contributed by atoms with E-state index in [1.165, 1.54) is 12.8 Å². The van der Waals surface area contributed by atoms with Crippen molar-refractivity contribution in [1.29, 1.82) is 0 Å². The molecule has 2 fully saturated rings. The predicted molar refractivity (Wildman–Crippen MR) is 66.9 cm³/mol. The van der Waals surface area contributed by atoms with Gasteiger partial charge in [0.05, 0.1) is 0 Å². The van der Waals surface area contributed by atoms with Gasteiger partial charge in [0.1, 0.15) is 0 Å². The van der Waals surface area contributed by atoms with Crippen molar-refractivity contribution in [3.05, 3.63) is 30.1 Å². The van der Waals surface area contributed by atoms with Crippen molar-refractivity contribution < 1.29 is 9.90 Å². The number of carbonyl (C=O) groups is 1. The van der Waals surface area contributed by atoms with Gasteiger partial charge < -0.3 is 10.4 Å². The molecule has 18 heavy (non-hydrogen) atoms. The van der Waals surface area contributed by atoms with Gasteiger partial charge in [0.25, 0.3) is 5.91 Å². The molecule has 0 radical (unpaired) electrons. The molecule has 1 amide bonds. The van der Waals surface area contributed by atoms with Crippen LogP contribution >= 0.6 is 0 Å². The third kappa shape index (κ3) is 1.90. The molecule has 2 aliphatic rings. The normalized spacial score (nSPS) is 33.6. The number of hydrogen-bond donors (Lipinski definition) is 2. The van der Waals surface area contributed by atoms with Crippen LogP contribution in [0.2, 0.25) is 0 Å². The van der Waals surface area contributed by atoms with Crippen molar-refractivity contribution in [2.75, 3.05) is 6.61 Å². The van der Waals surface area contributed by atoms with Crippen LogP contribution in [0, 0.1) is 17.8 Å². The molecule has 2 bridgehead atoms. The SMILES string of the molecule is O=C(NC1C2CCC(C2)C1CO)c1ccncc1. The number of aliphatic hydroxyl groups excluding tert-OH is 1. The van der Waals surface area contributed by atoms with E-state index in [0.717, 1.165) is 6.42 Å². The molecule has 96 valence electrons. The van der Waals surface area contributed by atoms with Crippen molar-refractivity contribution in [1.82, 2.24) is 10.3 Å². The Hall–Kier alpha value is -1.42. The molecular weight excluding hydrogens is 228 g/mol. The van der Waals surface area contributed by atoms with Crippen LogP contribution in [0.5, 0.6) is 0 Å². The lowest BCUT2D eigenvalue weighted by molar-refractivity contribution is 0.0861. The molecule has 1 aromatic heterocycles. The molecule has 0 aromatic carbocycles. The maximum Gasteiger partial charge on any atom is 0.251 e. The molecular formula is C14H18N2O2. The monoisotopic (exact) mass is 246 g/mol. The highest BCUT2D eigenvalue weighted by atomic mass is 16.3. The van der Waals surface area contributed by atoms with Crippen molar-refractivity contribution in [3.63, 3.8) is 0 Å². The number of pyridine rings is 1. The van der Waals surface area contributed by atoms with E-state index in [4.69, 9.17) is 0 Å². The fraction of sp³-hybridized carbons (Fsp3) is 0.571. The highest BCUT2D eigenvalue weighted by molar-refractivity contribution is 5.94. The first-order valence-corrected chi connectivity index (χ1v) is 6.61. The summed E-state index contributed by atoms with van der Waals surface area (Å²) in [6.45, 7) is 0.183. The lowest BCUT2D eigenvalue weighted by Crippen LogP contribution is -2.45. The Balaban J connectivity index is 1.71. The molecule has 3 rings (SSSR count). The average Bonchev–Trinajstić information content (AvgIpc) is 3.00. The Morgan fingerprint density at radius 1 is 1.33 bits per heavy atom. The minimum Gasteiger partial charge on any atom is -0.396 e. The van der Waals surface area contributed by atoms with E-state index < -0.39 is 0 Å². The van der Waals surface area contributed by atoms with E-state index >= 15 is 0 Å². The quantitative estimate of drug-likeness (QED) is 0.843. The molecule has 0 spiro atoms. The van der Waals surface area contributed by atoms with Crippen LogP contribution in [0.1, 0.15) is 29.6 Å². The molecule has 4 atom stereocenters. The molecule has 1 aromatic rings. The van der Waals surface area contributed by atoms with Gasteiger partial charge in [-0.25, -0.2) is 0 Å². The van der Waals surface area contributed by atoms with Crippen LogP contribution in [-0.4, -0.2) is 28.6 Å². The Morgan fingerprint density at radius 3 is 2.78 bits per heavy atom. The number of fused-ring (bicyclic) bond motifs is 2. The van der Waals surface area contributed by atoms with Gasteiger partial charge in [0.15, 0.2) is 0 Å². The van der Waals surface area contributed by atoms with Crippen molar-refractivity contribution in [2.24, 2.45) is 17.8 Å². The van der Waals surface area contributed by atoms with Gasteiger partial charge in [-0.05, 0) is 43.2 Å². The first-order chi connectivity index (χ1) is 8.79. The molecule has 0 saturated heterocycles.